The quantitative estimate of drug-likeness (QED) is 0.608. The molecule has 2 saturated heterocycles. The predicted octanol–water partition coefficient (Wildman–Crippen LogP) is 1.88. The molecule has 1 atom stereocenters. The third-order valence-corrected chi connectivity index (χ3v) is 3.82. The largest absolute Gasteiger partial charge is 0.494 e. The molecule has 0 spiro atoms. The topological polar surface area (TPSA) is 49.9 Å². The van der Waals surface area contributed by atoms with Crippen LogP contribution in [-0.2, 0) is 4.79 Å². The Morgan fingerprint density at radius 3 is 2.75 bits per heavy atom. The second kappa shape index (κ2) is 5.53. The molecule has 0 N–H and O–H groups in total. The molecule has 1 aromatic rings. The van der Waals surface area contributed by atoms with Crippen molar-refractivity contribution in [1.82, 2.24) is 9.80 Å². The Kier molecular flexibility index (Phi) is 3.58. The molecule has 0 aromatic heterocycles. The summed E-state index contributed by atoms with van der Waals surface area (Å²) in [5, 5.41) is 0. The molecule has 5 heteroatoms. The Morgan fingerprint density at radius 1 is 1.20 bits per heavy atom. The Balaban J connectivity index is 1.47. The third-order valence-electron chi connectivity index (χ3n) is 3.82. The molecule has 2 aliphatic heterocycles. The fraction of sp³-hybridized carbons (Fsp3) is 0.467. The van der Waals surface area contributed by atoms with Crippen LogP contribution in [0, 0.1) is 0 Å². The minimum absolute atomic E-state index is 0.0350. The van der Waals surface area contributed by atoms with Crippen molar-refractivity contribution in [3.8, 4) is 5.75 Å². The first-order chi connectivity index (χ1) is 9.77. The van der Waals surface area contributed by atoms with Crippen molar-refractivity contribution in [2.24, 2.45) is 0 Å². The number of fused-ring (bicyclic) bond motifs is 1. The zero-order chi connectivity index (χ0) is 13.9. The van der Waals surface area contributed by atoms with Crippen LogP contribution >= 0.6 is 0 Å². The normalized spacial score (nSPS) is 21.5. The number of amides is 3. The van der Waals surface area contributed by atoms with E-state index in [9.17, 15) is 9.59 Å². The van der Waals surface area contributed by atoms with E-state index < -0.39 is 0 Å². The molecule has 0 aliphatic carbocycles. The number of imide groups is 1. The molecule has 20 heavy (non-hydrogen) atoms. The summed E-state index contributed by atoms with van der Waals surface area (Å²) in [4.78, 5) is 27.2. The minimum Gasteiger partial charge on any atom is -0.494 e. The van der Waals surface area contributed by atoms with Crippen molar-refractivity contribution in [2.75, 3.05) is 19.7 Å². The van der Waals surface area contributed by atoms with Gasteiger partial charge < -0.3 is 9.64 Å². The Hall–Kier alpha value is -2.04. The second-order valence-electron chi connectivity index (χ2n) is 5.14. The van der Waals surface area contributed by atoms with Gasteiger partial charge in [-0.05, 0) is 31.4 Å². The lowest BCUT2D eigenvalue weighted by Crippen LogP contribution is -2.34. The van der Waals surface area contributed by atoms with Crippen LogP contribution in [0.15, 0.2) is 30.3 Å². The van der Waals surface area contributed by atoms with Crippen molar-refractivity contribution in [1.29, 1.82) is 0 Å². The van der Waals surface area contributed by atoms with Crippen molar-refractivity contribution in [3.63, 3.8) is 0 Å². The van der Waals surface area contributed by atoms with E-state index in [0.717, 1.165) is 18.6 Å². The third kappa shape index (κ3) is 2.35. The van der Waals surface area contributed by atoms with Crippen molar-refractivity contribution in [2.45, 2.75) is 25.3 Å². The molecule has 2 fully saturated rings. The fourth-order valence-electron chi connectivity index (χ4n) is 2.82. The predicted molar refractivity (Wildman–Crippen MR) is 73.4 cm³/mol. The molecule has 2 heterocycles. The number of carbonyl (C=O) groups is 2. The number of ether oxygens (including phenoxy) is 1. The number of hydrogen-bond donors (Lipinski definition) is 0. The van der Waals surface area contributed by atoms with Crippen LogP contribution in [0.1, 0.15) is 19.3 Å². The van der Waals surface area contributed by atoms with Crippen LogP contribution < -0.4 is 4.74 Å². The first kappa shape index (κ1) is 13.0. The summed E-state index contributed by atoms with van der Waals surface area (Å²) in [6.07, 6.45) is 2.40. The highest BCUT2D eigenvalue weighted by molar-refractivity contribution is 6.04. The van der Waals surface area contributed by atoms with E-state index in [0.29, 0.717) is 26.1 Å². The summed E-state index contributed by atoms with van der Waals surface area (Å²) in [7, 11) is 0. The van der Waals surface area contributed by atoms with Crippen LogP contribution in [0.2, 0.25) is 0 Å². The minimum atomic E-state index is -0.197. The van der Waals surface area contributed by atoms with Gasteiger partial charge in [-0.2, -0.15) is 0 Å². The Labute approximate surface area is 118 Å². The lowest BCUT2D eigenvalue weighted by molar-refractivity contribution is -0.128. The van der Waals surface area contributed by atoms with Gasteiger partial charge in [0.1, 0.15) is 11.8 Å². The summed E-state index contributed by atoms with van der Waals surface area (Å²) >= 11 is 0. The fourth-order valence-corrected chi connectivity index (χ4v) is 2.82. The van der Waals surface area contributed by atoms with E-state index in [4.69, 9.17) is 4.74 Å². The summed E-state index contributed by atoms with van der Waals surface area (Å²) < 4.78 is 5.57. The van der Waals surface area contributed by atoms with Crippen LogP contribution in [0.3, 0.4) is 0 Å². The average Bonchev–Trinajstić information content (AvgIpc) is 3.03. The van der Waals surface area contributed by atoms with Gasteiger partial charge in [0, 0.05) is 13.1 Å². The monoisotopic (exact) mass is 274 g/mol. The highest BCUT2D eigenvalue weighted by Gasteiger charge is 2.46. The van der Waals surface area contributed by atoms with Gasteiger partial charge in [0.25, 0.3) is 5.91 Å². The molecule has 3 amide bonds. The number of para-hydroxylation sites is 1. The van der Waals surface area contributed by atoms with Gasteiger partial charge in [-0.3, -0.25) is 9.69 Å². The van der Waals surface area contributed by atoms with E-state index >= 15 is 0 Å². The van der Waals surface area contributed by atoms with E-state index in [-0.39, 0.29) is 18.0 Å². The smallest absolute Gasteiger partial charge is 0.327 e. The molecule has 0 bridgehead atoms. The van der Waals surface area contributed by atoms with Crippen LogP contribution in [0.25, 0.3) is 0 Å². The average molecular weight is 274 g/mol. The maximum Gasteiger partial charge on any atom is 0.327 e. The summed E-state index contributed by atoms with van der Waals surface area (Å²) in [5.41, 5.74) is 0. The molecule has 0 radical (unpaired) electrons. The van der Waals surface area contributed by atoms with Gasteiger partial charge >= 0.3 is 6.03 Å². The maximum absolute atomic E-state index is 12.1. The SMILES string of the molecule is O=C1C2CCCN2C(=O)N1CCCOc1ccccc1. The van der Waals surface area contributed by atoms with Gasteiger partial charge in [0.05, 0.1) is 6.61 Å². The van der Waals surface area contributed by atoms with Crippen LogP contribution in [0.4, 0.5) is 4.79 Å². The number of urea groups is 1. The highest BCUT2D eigenvalue weighted by Crippen LogP contribution is 2.27. The molecule has 106 valence electrons. The van der Waals surface area contributed by atoms with Gasteiger partial charge in [-0.15, -0.1) is 0 Å². The van der Waals surface area contributed by atoms with E-state index in [1.165, 1.54) is 4.90 Å². The highest BCUT2D eigenvalue weighted by atomic mass is 16.5. The molecular formula is C15H18N2O3. The lowest BCUT2D eigenvalue weighted by Gasteiger charge is -2.15. The Morgan fingerprint density at radius 2 is 2.00 bits per heavy atom. The van der Waals surface area contributed by atoms with Gasteiger partial charge in [-0.25, -0.2) is 4.79 Å². The van der Waals surface area contributed by atoms with Crippen molar-refractivity contribution >= 4 is 11.9 Å². The number of carbonyl (C=O) groups excluding carboxylic acids is 2. The van der Waals surface area contributed by atoms with Crippen molar-refractivity contribution in [3.05, 3.63) is 30.3 Å². The molecule has 2 aliphatic rings. The molecular weight excluding hydrogens is 256 g/mol. The molecule has 0 saturated carbocycles. The second-order valence-corrected chi connectivity index (χ2v) is 5.14. The van der Waals surface area contributed by atoms with Gasteiger partial charge in [-0.1, -0.05) is 18.2 Å². The standard InChI is InChI=1S/C15H18N2O3/c18-14-13-8-4-9-16(13)15(19)17(14)10-5-11-20-12-6-2-1-3-7-12/h1-3,6-7,13H,4-5,8-11H2. The number of benzene rings is 1. The number of nitrogens with zero attached hydrogens (tertiary/aromatic N) is 2. The van der Waals surface area contributed by atoms with Gasteiger partial charge in [0.2, 0.25) is 0 Å². The number of rotatable bonds is 5. The van der Waals surface area contributed by atoms with E-state index in [1.54, 1.807) is 4.90 Å². The zero-order valence-electron chi connectivity index (χ0n) is 11.3. The van der Waals surface area contributed by atoms with Crippen molar-refractivity contribution < 1.29 is 14.3 Å². The first-order valence-corrected chi connectivity index (χ1v) is 7.07. The maximum atomic E-state index is 12.1. The van der Waals surface area contributed by atoms with E-state index in [2.05, 4.69) is 0 Å². The van der Waals surface area contributed by atoms with Crippen LogP contribution in [0.5, 0.6) is 5.75 Å². The lowest BCUT2D eigenvalue weighted by atomic mass is 10.2. The molecule has 5 nitrogen and oxygen atoms in total. The van der Waals surface area contributed by atoms with Crippen LogP contribution in [-0.4, -0.2) is 47.5 Å². The number of hydrogen-bond acceptors (Lipinski definition) is 3. The Bertz CT molecular complexity index is 481. The molecule has 1 aromatic carbocycles. The molecule has 3 rings (SSSR count). The summed E-state index contributed by atoms with van der Waals surface area (Å²) in [6, 6.07) is 9.22. The summed E-state index contributed by atoms with van der Waals surface area (Å²) in [5.74, 6) is 0.777. The van der Waals surface area contributed by atoms with Gasteiger partial charge in [0.15, 0.2) is 0 Å². The first-order valence-electron chi connectivity index (χ1n) is 7.07. The molecule has 1 unspecified atom stereocenters. The summed E-state index contributed by atoms with van der Waals surface area (Å²) in [6.45, 7) is 1.66. The van der Waals surface area contributed by atoms with E-state index in [1.807, 2.05) is 30.3 Å². The zero-order valence-corrected chi connectivity index (χ0v) is 11.3.